The van der Waals surface area contributed by atoms with Gasteiger partial charge in [-0.3, -0.25) is 0 Å². The van der Waals surface area contributed by atoms with Crippen LogP contribution in [0.3, 0.4) is 0 Å². The Bertz CT molecular complexity index is 342. The molecule has 0 spiro atoms. The fraction of sp³-hybridized carbons (Fsp3) is 0.538. The Morgan fingerprint density at radius 2 is 1.94 bits per heavy atom. The Morgan fingerprint density at radius 1 is 1.31 bits per heavy atom. The van der Waals surface area contributed by atoms with E-state index in [1.807, 2.05) is 13.8 Å². The molecule has 0 aliphatic carbocycles. The first-order valence-electron chi connectivity index (χ1n) is 5.53. The number of hydrogen-bond acceptors (Lipinski definition) is 1. The van der Waals surface area contributed by atoms with Crippen LogP contribution < -0.4 is 0 Å². The van der Waals surface area contributed by atoms with Gasteiger partial charge in [0.05, 0.1) is 6.10 Å². The van der Waals surface area contributed by atoms with Crippen molar-refractivity contribution in [1.29, 1.82) is 0 Å². The second-order valence-corrected chi connectivity index (χ2v) is 5.02. The van der Waals surface area contributed by atoms with Gasteiger partial charge in [0.25, 0.3) is 0 Å². The van der Waals surface area contributed by atoms with Crippen LogP contribution in [-0.2, 0) is 6.42 Å². The summed E-state index contributed by atoms with van der Waals surface area (Å²) in [4.78, 5) is 0. The molecular weight excluding hydrogens is 227 g/mol. The lowest BCUT2D eigenvalue weighted by atomic mass is 9.85. The number of aliphatic hydroxyl groups excluding tert-OH is 1. The quantitative estimate of drug-likeness (QED) is 0.857. The fourth-order valence-electron chi connectivity index (χ4n) is 1.90. The van der Waals surface area contributed by atoms with Gasteiger partial charge in [0.1, 0.15) is 5.82 Å². The molecule has 1 aromatic rings. The summed E-state index contributed by atoms with van der Waals surface area (Å²) < 4.78 is 13.6. The van der Waals surface area contributed by atoms with Crippen LogP contribution in [0.25, 0.3) is 0 Å². The molecule has 1 aromatic carbocycles. The maximum Gasteiger partial charge on any atom is 0.127 e. The summed E-state index contributed by atoms with van der Waals surface area (Å²) in [7, 11) is 0. The molecule has 0 aliphatic heterocycles. The summed E-state index contributed by atoms with van der Waals surface area (Å²) in [5.41, 5.74) is 0.615. The second-order valence-electron chi connectivity index (χ2n) is 4.59. The van der Waals surface area contributed by atoms with E-state index in [-0.39, 0.29) is 11.7 Å². The molecule has 1 N–H and O–H groups in total. The summed E-state index contributed by atoms with van der Waals surface area (Å²) in [6.45, 7) is 5.81. The van der Waals surface area contributed by atoms with E-state index in [1.165, 1.54) is 6.07 Å². The second kappa shape index (κ2) is 5.65. The normalized spacial score (nSPS) is 15.2. The van der Waals surface area contributed by atoms with E-state index < -0.39 is 6.10 Å². The zero-order chi connectivity index (χ0) is 12.3. The molecule has 0 saturated carbocycles. The first-order chi connectivity index (χ1) is 7.41. The van der Waals surface area contributed by atoms with E-state index >= 15 is 0 Å². The third-order valence-electron chi connectivity index (χ3n) is 2.95. The summed E-state index contributed by atoms with van der Waals surface area (Å²) in [6.07, 6.45) is 0.105. The molecule has 16 heavy (non-hydrogen) atoms. The van der Waals surface area contributed by atoms with Crippen LogP contribution in [0, 0.1) is 17.7 Å². The van der Waals surface area contributed by atoms with E-state index in [0.29, 0.717) is 22.9 Å². The standard InChI is InChI=1S/C13H18ClFO/c1-8(2)12(9(3)16)6-10-4-5-11(14)7-13(10)15/h4-5,7-9,12,16H,6H2,1-3H3. The lowest BCUT2D eigenvalue weighted by molar-refractivity contribution is 0.0971. The molecule has 2 unspecified atom stereocenters. The molecule has 0 aromatic heterocycles. The molecule has 1 rings (SSSR count). The van der Waals surface area contributed by atoms with E-state index in [9.17, 15) is 9.50 Å². The van der Waals surface area contributed by atoms with E-state index in [1.54, 1.807) is 19.1 Å². The van der Waals surface area contributed by atoms with Gasteiger partial charge in [-0.25, -0.2) is 4.39 Å². The summed E-state index contributed by atoms with van der Waals surface area (Å²) >= 11 is 5.69. The van der Waals surface area contributed by atoms with Crippen LogP contribution in [0.1, 0.15) is 26.3 Å². The van der Waals surface area contributed by atoms with Crippen molar-refractivity contribution in [2.24, 2.45) is 11.8 Å². The highest BCUT2D eigenvalue weighted by Crippen LogP contribution is 2.24. The van der Waals surface area contributed by atoms with Gasteiger partial charge < -0.3 is 5.11 Å². The molecule has 0 bridgehead atoms. The molecule has 0 amide bonds. The minimum atomic E-state index is -0.435. The van der Waals surface area contributed by atoms with Crippen LogP contribution in [0.5, 0.6) is 0 Å². The minimum absolute atomic E-state index is 0.0654. The number of rotatable bonds is 4. The van der Waals surface area contributed by atoms with Gasteiger partial charge in [-0.05, 0) is 42.9 Å². The van der Waals surface area contributed by atoms with Crippen molar-refractivity contribution in [3.63, 3.8) is 0 Å². The maximum absolute atomic E-state index is 13.6. The monoisotopic (exact) mass is 244 g/mol. The van der Waals surface area contributed by atoms with Gasteiger partial charge in [-0.1, -0.05) is 31.5 Å². The SMILES string of the molecule is CC(C)C(Cc1ccc(Cl)cc1F)C(C)O. The van der Waals surface area contributed by atoms with Crippen LogP contribution in [0.4, 0.5) is 4.39 Å². The van der Waals surface area contributed by atoms with Gasteiger partial charge in [0, 0.05) is 5.02 Å². The third kappa shape index (κ3) is 3.46. The maximum atomic E-state index is 13.6. The summed E-state index contributed by atoms with van der Waals surface area (Å²) in [5, 5.41) is 10.0. The summed E-state index contributed by atoms with van der Waals surface area (Å²) in [5.74, 6) is 0.0875. The molecule has 0 fully saturated rings. The van der Waals surface area contributed by atoms with Gasteiger partial charge in [0.15, 0.2) is 0 Å². The van der Waals surface area contributed by atoms with Gasteiger partial charge >= 0.3 is 0 Å². The van der Waals surface area contributed by atoms with Crippen LogP contribution in [0.15, 0.2) is 18.2 Å². The highest BCUT2D eigenvalue weighted by molar-refractivity contribution is 6.30. The van der Waals surface area contributed by atoms with Crippen molar-refractivity contribution >= 4 is 11.6 Å². The van der Waals surface area contributed by atoms with Gasteiger partial charge in [-0.15, -0.1) is 0 Å². The first-order valence-corrected chi connectivity index (χ1v) is 5.91. The number of benzene rings is 1. The highest BCUT2D eigenvalue weighted by Gasteiger charge is 2.20. The van der Waals surface area contributed by atoms with Crippen molar-refractivity contribution in [3.05, 3.63) is 34.6 Å². The fourth-order valence-corrected chi connectivity index (χ4v) is 2.06. The zero-order valence-electron chi connectivity index (χ0n) is 9.87. The molecule has 3 heteroatoms. The molecule has 0 heterocycles. The predicted octanol–water partition coefficient (Wildman–Crippen LogP) is 3.67. The lowest BCUT2D eigenvalue weighted by Gasteiger charge is -2.24. The summed E-state index contributed by atoms with van der Waals surface area (Å²) in [6, 6.07) is 4.69. The molecule has 0 saturated heterocycles. The van der Waals surface area contributed by atoms with Crippen LogP contribution >= 0.6 is 11.6 Å². The number of halogens is 2. The molecule has 0 aliphatic rings. The van der Waals surface area contributed by atoms with Crippen molar-refractivity contribution in [2.75, 3.05) is 0 Å². The van der Waals surface area contributed by atoms with Crippen molar-refractivity contribution < 1.29 is 9.50 Å². The van der Waals surface area contributed by atoms with E-state index in [0.717, 1.165) is 0 Å². The lowest BCUT2D eigenvalue weighted by Crippen LogP contribution is -2.24. The minimum Gasteiger partial charge on any atom is -0.393 e. The molecule has 1 nitrogen and oxygen atoms in total. The largest absolute Gasteiger partial charge is 0.393 e. The molecule has 90 valence electrons. The molecule has 0 radical (unpaired) electrons. The smallest absolute Gasteiger partial charge is 0.127 e. The number of hydrogen-bond donors (Lipinski definition) is 1. The Hall–Kier alpha value is -0.600. The topological polar surface area (TPSA) is 20.2 Å². The number of aliphatic hydroxyl groups is 1. The Morgan fingerprint density at radius 3 is 2.38 bits per heavy atom. The van der Waals surface area contributed by atoms with Crippen LogP contribution in [-0.4, -0.2) is 11.2 Å². The Balaban J connectivity index is 2.85. The van der Waals surface area contributed by atoms with Crippen molar-refractivity contribution in [1.82, 2.24) is 0 Å². The van der Waals surface area contributed by atoms with Crippen LogP contribution in [0.2, 0.25) is 5.02 Å². The van der Waals surface area contributed by atoms with E-state index in [2.05, 4.69) is 0 Å². The Kier molecular flexibility index (Phi) is 4.75. The molecular formula is C13H18ClFO. The van der Waals surface area contributed by atoms with Gasteiger partial charge in [-0.2, -0.15) is 0 Å². The van der Waals surface area contributed by atoms with Gasteiger partial charge in [0.2, 0.25) is 0 Å². The average molecular weight is 245 g/mol. The Labute approximate surface area is 101 Å². The third-order valence-corrected chi connectivity index (χ3v) is 3.18. The zero-order valence-corrected chi connectivity index (χ0v) is 10.6. The van der Waals surface area contributed by atoms with Crippen molar-refractivity contribution in [2.45, 2.75) is 33.3 Å². The average Bonchev–Trinajstić information content (AvgIpc) is 2.15. The highest BCUT2D eigenvalue weighted by atomic mass is 35.5. The van der Waals surface area contributed by atoms with E-state index in [4.69, 9.17) is 11.6 Å². The van der Waals surface area contributed by atoms with Crippen molar-refractivity contribution in [3.8, 4) is 0 Å². The first kappa shape index (κ1) is 13.5. The predicted molar refractivity (Wildman–Crippen MR) is 65.1 cm³/mol. The molecule has 2 atom stereocenters.